The predicted octanol–water partition coefficient (Wildman–Crippen LogP) is 5.58. The van der Waals surface area contributed by atoms with E-state index in [9.17, 15) is 31.1 Å². The summed E-state index contributed by atoms with van der Waals surface area (Å²) in [6, 6.07) is 6.73. The monoisotopic (exact) mass is 402 g/mol. The van der Waals surface area contributed by atoms with Crippen LogP contribution in [0.5, 0.6) is 0 Å². The molecule has 1 aliphatic rings. The molecule has 9 heteroatoms. The molecule has 0 bridgehead atoms. The highest BCUT2D eigenvalue weighted by atomic mass is 19.4. The van der Waals surface area contributed by atoms with Gasteiger partial charge < -0.3 is 10.2 Å². The fraction of sp³-hybridized carbons (Fsp3) is 0.316. The molecule has 3 nitrogen and oxygen atoms in total. The molecule has 150 valence electrons. The number of hydrogen-bond acceptors (Lipinski definition) is 2. The van der Waals surface area contributed by atoms with E-state index in [1.807, 2.05) is 4.90 Å². The van der Waals surface area contributed by atoms with Crippen molar-refractivity contribution < 1.29 is 31.1 Å². The minimum atomic E-state index is -4.63. The van der Waals surface area contributed by atoms with Gasteiger partial charge in [-0.15, -0.1) is 0 Å². The number of rotatable bonds is 3. The van der Waals surface area contributed by atoms with E-state index in [-0.39, 0.29) is 11.3 Å². The lowest BCUT2D eigenvalue weighted by molar-refractivity contribution is -0.138. The van der Waals surface area contributed by atoms with Crippen LogP contribution in [0.3, 0.4) is 0 Å². The molecule has 28 heavy (non-hydrogen) atoms. The van der Waals surface area contributed by atoms with Gasteiger partial charge in [0, 0.05) is 18.7 Å². The van der Waals surface area contributed by atoms with E-state index in [2.05, 4.69) is 5.32 Å². The number of nitrogens with one attached hydrogen (secondary N) is 1. The second-order valence-electron chi connectivity index (χ2n) is 6.46. The standard InChI is InChI=1S/C19H16F6N2O/c20-18(21,22)13-5-3-4-12(10-13)17(28)26-15-11-14(19(23,24)25)6-7-16(15)27-8-1-2-9-27/h3-7,10-11H,1-2,8-9H2,(H,26,28). The van der Waals surface area contributed by atoms with Crippen molar-refractivity contribution in [1.29, 1.82) is 0 Å². The van der Waals surface area contributed by atoms with E-state index in [0.29, 0.717) is 24.8 Å². The maximum atomic E-state index is 13.1. The number of amides is 1. The number of carbonyl (C=O) groups excluding carboxylic acids is 1. The van der Waals surface area contributed by atoms with E-state index in [1.165, 1.54) is 12.1 Å². The summed E-state index contributed by atoms with van der Waals surface area (Å²) in [5.41, 5.74) is -1.93. The van der Waals surface area contributed by atoms with E-state index in [1.54, 1.807) is 0 Å². The third kappa shape index (κ3) is 4.40. The highest BCUT2D eigenvalue weighted by molar-refractivity contribution is 6.06. The maximum Gasteiger partial charge on any atom is 0.416 e. The zero-order valence-electron chi connectivity index (χ0n) is 14.5. The number of anilines is 2. The van der Waals surface area contributed by atoms with Gasteiger partial charge in [-0.05, 0) is 49.2 Å². The van der Waals surface area contributed by atoms with E-state index in [0.717, 1.165) is 37.1 Å². The summed E-state index contributed by atoms with van der Waals surface area (Å²) in [4.78, 5) is 14.3. The van der Waals surface area contributed by atoms with Gasteiger partial charge in [-0.3, -0.25) is 4.79 Å². The molecular formula is C19H16F6N2O. The third-order valence-corrected chi connectivity index (χ3v) is 4.47. The van der Waals surface area contributed by atoms with Crippen LogP contribution in [0.4, 0.5) is 37.7 Å². The zero-order chi connectivity index (χ0) is 20.5. The van der Waals surface area contributed by atoms with Crippen molar-refractivity contribution >= 4 is 17.3 Å². The number of nitrogens with zero attached hydrogens (tertiary/aromatic N) is 1. The van der Waals surface area contributed by atoms with Crippen LogP contribution in [0.1, 0.15) is 34.3 Å². The lowest BCUT2D eigenvalue weighted by atomic mass is 10.1. The molecule has 0 radical (unpaired) electrons. The first-order chi connectivity index (χ1) is 13.1. The Labute approximate surface area is 157 Å². The van der Waals surface area contributed by atoms with Crippen molar-refractivity contribution in [3.8, 4) is 0 Å². The van der Waals surface area contributed by atoms with Crippen LogP contribution in [0.2, 0.25) is 0 Å². The van der Waals surface area contributed by atoms with Crippen LogP contribution in [-0.4, -0.2) is 19.0 Å². The molecule has 1 saturated heterocycles. The Morgan fingerprint density at radius 1 is 0.857 bits per heavy atom. The summed E-state index contributed by atoms with van der Waals surface area (Å²) in [5.74, 6) is -0.911. The SMILES string of the molecule is O=C(Nc1cc(C(F)(F)F)ccc1N1CCCC1)c1cccc(C(F)(F)F)c1. The number of alkyl halides is 6. The third-order valence-electron chi connectivity index (χ3n) is 4.47. The predicted molar refractivity (Wildman–Crippen MR) is 92.3 cm³/mol. The lowest BCUT2D eigenvalue weighted by Crippen LogP contribution is -2.22. The molecule has 1 heterocycles. The first-order valence-electron chi connectivity index (χ1n) is 8.50. The van der Waals surface area contributed by atoms with Crippen LogP contribution >= 0.6 is 0 Å². The summed E-state index contributed by atoms with van der Waals surface area (Å²) in [5, 5.41) is 2.35. The highest BCUT2D eigenvalue weighted by Crippen LogP contribution is 2.37. The topological polar surface area (TPSA) is 32.3 Å². The van der Waals surface area contributed by atoms with Gasteiger partial charge in [0.2, 0.25) is 0 Å². The average Bonchev–Trinajstić information content (AvgIpc) is 3.14. The zero-order valence-corrected chi connectivity index (χ0v) is 14.5. The van der Waals surface area contributed by atoms with E-state index in [4.69, 9.17) is 0 Å². The van der Waals surface area contributed by atoms with Gasteiger partial charge >= 0.3 is 12.4 Å². The second kappa shape index (κ2) is 7.37. The molecule has 0 atom stereocenters. The van der Waals surface area contributed by atoms with E-state index >= 15 is 0 Å². The lowest BCUT2D eigenvalue weighted by Gasteiger charge is -2.23. The summed E-state index contributed by atoms with van der Waals surface area (Å²) < 4.78 is 77.8. The van der Waals surface area contributed by atoms with Crippen molar-refractivity contribution in [2.45, 2.75) is 25.2 Å². The molecule has 1 aliphatic heterocycles. The van der Waals surface area contributed by atoms with Crippen LogP contribution in [-0.2, 0) is 12.4 Å². The van der Waals surface area contributed by atoms with Crippen molar-refractivity contribution in [1.82, 2.24) is 0 Å². The summed E-state index contributed by atoms with van der Waals surface area (Å²) in [6.45, 7) is 1.25. The minimum absolute atomic E-state index is 0.0841. The van der Waals surface area contributed by atoms with Crippen LogP contribution in [0.15, 0.2) is 42.5 Å². The Bertz CT molecular complexity index is 869. The molecule has 0 aromatic heterocycles. The normalized spacial score (nSPS) is 15.0. The first kappa shape index (κ1) is 20.0. The molecule has 1 fully saturated rings. The van der Waals surface area contributed by atoms with Crippen molar-refractivity contribution in [3.63, 3.8) is 0 Å². The van der Waals surface area contributed by atoms with Gasteiger partial charge in [-0.1, -0.05) is 6.07 Å². The molecule has 1 amide bonds. The Balaban J connectivity index is 1.94. The molecule has 0 saturated carbocycles. The van der Waals surface area contributed by atoms with Gasteiger partial charge in [0.05, 0.1) is 22.5 Å². The van der Waals surface area contributed by atoms with Crippen LogP contribution < -0.4 is 10.2 Å². The minimum Gasteiger partial charge on any atom is -0.370 e. The number of carbonyl (C=O) groups is 1. The van der Waals surface area contributed by atoms with Crippen LogP contribution in [0, 0.1) is 0 Å². The van der Waals surface area contributed by atoms with Gasteiger partial charge in [-0.25, -0.2) is 0 Å². The first-order valence-corrected chi connectivity index (χ1v) is 8.50. The molecule has 1 N–H and O–H groups in total. The maximum absolute atomic E-state index is 13.1. The Kier molecular flexibility index (Phi) is 5.27. The summed E-state index contributed by atoms with van der Waals surface area (Å²) in [7, 11) is 0. The molecule has 0 spiro atoms. The smallest absolute Gasteiger partial charge is 0.370 e. The summed E-state index contributed by atoms with van der Waals surface area (Å²) in [6.07, 6.45) is -7.52. The number of halogens is 6. The molecule has 0 aliphatic carbocycles. The van der Waals surface area contributed by atoms with Crippen molar-refractivity contribution in [2.75, 3.05) is 23.3 Å². The van der Waals surface area contributed by atoms with E-state index < -0.39 is 29.4 Å². The van der Waals surface area contributed by atoms with Crippen molar-refractivity contribution in [3.05, 3.63) is 59.2 Å². The molecule has 3 rings (SSSR count). The van der Waals surface area contributed by atoms with Crippen LogP contribution in [0.25, 0.3) is 0 Å². The van der Waals surface area contributed by atoms with Gasteiger partial charge in [0.25, 0.3) is 5.91 Å². The molecule has 2 aromatic carbocycles. The molecule has 2 aromatic rings. The number of hydrogen-bond donors (Lipinski definition) is 1. The molecular weight excluding hydrogens is 386 g/mol. The molecule has 0 unspecified atom stereocenters. The number of benzene rings is 2. The van der Waals surface area contributed by atoms with Gasteiger partial charge in [0.15, 0.2) is 0 Å². The van der Waals surface area contributed by atoms with Gasteiger partial charge in [-0.2, -0.15) is 26.3 Å². The van der Waals surface area contributed by atoms with Crippen molar-refractivity contribution in [2.24, 2.45) is 0 Å². The Morgan fingerprint density at radius 3 is 2.07 bits per heavy atom. The fourth-order valence-corrected chi connectivity index (χ4v) is 3.08. The second-order valence-corrected chi connectivity index (χ2v) is 6.46. The summed E-state index contributed by atoms with van der Waals surface area (Å²) >= 11 is 0. The Hall–Kier alpha value is -2.71. The Morgan fingerprint density at radius 2 is 1.46 bits per heavy atom. The average molecular weight is 402 g/mol. The van der Waals surface area contributed by atoms with Gasteiger partial charge in [0.1, 0.15) is 0 Å². The quantitative estimate of drug-likeness (QED) is 0.680. The fourth-order valence-electron chi connectivity index (χ4n) is 3.08. The highest BCUT2D eigenvalue weighted by Gasteiger charge is 2.33. The largest absolute Gasteiger partial charge is 0.416 e.